The van der Waals surface area contributed by atoms with Crippen LogP contribution in [0.1, 0.15) is 6.92 Å². The number of thiophene rings is 1. The Labute approximate surface area is 135 Å². The summed E-state index contributed by atoms with van der Waals surface area (Å²) < 4.78 is 5.61. The molecule has 0 aliphatic rings. The minimum absolute atomic E-state index is 0.00288. The standard InChI is InChI=1S/C15H11ClN2O3S/c1-8(19)17-15-13(9-4-5-22-7-9)18-14(21-15)11-6-10(16)2-3-12(11)20/h2-7,20H,1H3,(H,17,19). The van der Waals surface area contributed by atoms with Gasteiger partial charge >= 0.3 is 0 Å². The molecule has 0 fully saturated rings. The number of phenols is 1. The number of hydrogen-bond acceptors (Lipinski definition) is 5. The number of carbonyl (C=O) groups is 1. The van der Waals surface area contributed by atoms with E-state index < -0.39 is 0 Å². The maximum atomic E-state index is 11.3. The SMILES string of the molecule is CC(=O)Nc1oc(-c2cc(Cl)ccc2O)nc1-c1ccsc1. The third-order valence-corrected chi connectivity index (χ3v) is 3.82. The molecule has 0 bridgehead atoms. The second kappa shape index (κ2) is 5.82. The molecule has 1 amide bonds. The summed E-state index contributed by atoms with van der Waals surface area (Å²) in [5.41, 5.74) is 1.69. The largest absolute Gasteiger partial charge is 0.507 e. The Balaban J connectivity index is 2.14. The van der Waals surface area contributed by atoms with Gasteiger partial charge in [0.05, 0.1) is 5.56 Å². The molecule has 1 aromatic carbocycles. The lowest BCUT2D eigenvalue weighted by Gasteiger charge is -2.00. The number of nitrogens with one attached hydrogen (secondary N) is 1. The van der Waals surface area contributed by atoms with Crippen molar-refractivity contribution in [1.29, 1.82) is 0 Å². The van der Waals surface area contributed by atoms with Gasteiger partial charge in [-0.15, -0.1) is 0 Å². The number of halogens is 1. The number of carbonyl (C=O) groups excluding carboxylic acids is 1. The number of amides is 1. The molecule has 5 nitrogen and oxygen atoms in total. The maximum Gasteiger partial charge on any atom is 0.233 e. The molecular formula is C15H11ClN2O3S. The summed E-state index contributed by atoms with van der Waals surface area (Å²) >= 11 is 7.46. The number of aromatic nitrogens is 1. The van der Waals surface area contributed by atoms with Gasteiger partial charge in [-0.25, -0.2) is 4.98 Å². The van der Waals surface area contributed by atoms with Crippen LogP contribution in [-0.4, -0.2) is 16.0 Å². The topological polar surface area (TPSA) is 75.4 Å². The molecule has 0 saturated carbocycles. The zero-order chi connectivity index (χ0) is 15.7. The van der Waals surface area contributed by atoms with E-state index in [4.69, 9.17) is 16.0 Å². The van der Waals surface area contributed by atoms with E-state index >= 15 is 0 Å². The zero-order valence-electron chi connectivity index (χ0n) is 11.5. The Morgan fingerprint density at radius 2 is 2.23 bits per heavy atom. The van der Waals surface area contributed by atoms with Gasteiger partial charge in [0, 0.05) is 22.9 Å². The molecule has 0 atom stereocenters. The molecule has 3 rings (SSSR count). The van der Waals surface area contributed by atoms with Crippen molar-refractivity contribution in [1.82, 2.24) is 4.98 Å². The van der Waals surface area contributed by atoms with Crippen LogP contribution in [0.5, 0.6) is 5.75 Å². The number of rotatable bonds is 3. The van der Waals surface area contributed by atoms with Gasteiger partial charge in [0.15, 0.2) is 0 Å². The lowest BCUT2D eigenvalue weighted by Crippen LogP contribution is -2.05. The van der Waals surface area contributed by atoms with E-state index in [1.54, 1.807) is 12.1 Å². The molecule has 2 N–H and O–H groups in total. The highest BCUT2D eigenvalue weighted by Crippen LogP contribution is 2.37. The minimum atomic E-state index is -0.269. The first-order chi connectivity index (χ1) is 10.5. The second-order valence-electron chi connectivity index (χ2n) is 4.55. The highest BCUT2D eigenvalue weighted by Gasteiger charge is 2.19. The average molecular weight is 335 g/mol. The van der Waals surface area contributed by atoms with Crippen molar-refractivity contribution in [2.75, 3.05) is 5.32 Å². The van der Waals surface area contributed by atoms with Gasteiger partial charge in [-0.05, 0) is 29.6 Å². The van der Waals surface area contributed by atoms with Crippen molar-refractivity contribution in [3.8, 4) is 28.5 Å². The summed E-state index contributed by atoms with van der Waals surface area (Å²) in [7, 11) is 0. The van der Waals surface area contributed by atoms with Crippen molar-refractivity contribution in [2.24, 2.45) is 0 Å². The number of phenolic OH excluding ortho intramolecular Hbond substituents is 1. The molecule has 3 aromatic rings. The van der Waals surface area contributed by atoms with Crippen LogP contribution in [0.3, 0.4) is 0 Å². The van der Waals surface area contributed by atoms with E-state index in [1.165, 1.54) is 24.3 Å². The first-order valence-electron chi connectivity index (χ1n) is 6.34. The Morgan fingerprint density at radius 1 is 1.41 bits per heavy atom. The zero-order valence-corrected chi connectivity index (χ0v) is 13.0. The molecule has 0 unspecified atom stereocenters. The molecule has 22 heavy (non-hydrogen) atoms. The lowest BCUT2D eigenvalue weighted by molar-refractivity contribution is -0.114. The van der Waals surface area contributed by atoms with E-state index in [1.807, 2.05) is 16.8 Å². The number of aromatic hydroxyl groups is 1. The van der Waals surface area contributed by atoms with E-state index in [9.17, 15) is 9.90 Å². The number of nitrogens with zero attached hydrogens (tertiary/aromatic N) is 1. The van der Waals surface area contributed by atoms with Gasteiger partial charge in [-0.1, -0.05) is 11.6 Å². The highest BCUT2D eigenvalue weighted by molar-refractivity contribution is 7.08. The van der Waals surface area contributed by atoms with Crippen LogP contribution in [0.25, 0.3) is 22.7 Å². The van der Waals surface area contributed by atoms with Crippen molar-refractivity contribution in [3.05, 3.63) is 40.0 Å². The number of oxazole rings is 1. The smallest absolute Gasteiger partial charge is 0.233 e. The minimum Gasteiger partial charge on any atom is -0.507 e. The second-order valence-corrected chi connectivity index (χ2v) is 5.77. The Kier molecular flexibility index (Phi) is 3.87. The van der Waals surface area contributed by atoms with Crippen LogP contribution in [0.15, 0.2) is 39.4 Å². The van der Waals surface area contributed by atoms with E-state index in [0.717, 1.165) is 5.56 Å². The van der Waals surface area contributed by atoms with Gasteiger partial charge < -0.3 is 9.52 Å². The molecule has 0 radical (unpaired) electrons. The fourth-order valence-electron chi connectivity index (χ4n) is 1.95. The number of anilines is 1. The van der Waals surface area contributed by atoms with E-state index in [0.29, 0.717) is 16.3 Å². The lowest BCUT2D eigenvalue weighted by atomic mass is 10.2. The van der Waals surface area contributed by atoms with Crippen molar-refractivity contribution in [3.63, 3.8) is 0 Å². The van der Waals surface area contributed by atoms with Gasteiger partial charge in [0.25, 0.3) is 0 Å². The average Bonchev–Trinajstić information content (AvgIpc) is 3.10. The normalized spacial score (nSPS) is 10.6. The quantitative estimate of drug-likeness (QED) is 0.745. The summed E-state index contributed by atoms with van der Waals surface area (Å²) in [6, 6.07) is 6.45. The summed E-state index contributed by atoms with van der Waals surface area (Å²) in [6.07, 6.45) is 0. The molecule has 0 spiro atoms. The first-order valence-corrected chi connectivity index (χ1v) is 7.66. The van der Waals surface area contributed by atoms with Gasteiger partial charge in [0.2, 0.25) is 17.7 Å². The van der Waals surface area contributed by atoms with Crippen LogP contribution < -0.4 is 5.32 Å². The monoisotopic (exact) mass is 334 g/mol. The molecule has 2 heterocycles. The van der Waals surface area contributed by atoms with Gasteiger partial charge in [-0.2, -0.15) is 11.3 Å². The van der Waals surface area contributed by atoms with Gasteiger partial charge in [-0.3, -0.25) is 10.1 Å². The molecule has 0 saturated heterocycles. The van der Waals surface area contributed by atoms with E-state index in [2.05, 4.69) is 10.3 Å². The third kappa shape index (κ3) is 2.84. The molecule has 0 aliphatic carbocycles. The van der Waals surface area contributed by atoms with Crippen LogP contribution in [0, 0.1) is 0 Å². The number of hydrogen-bond donors (Lipinski definition) is 2. The summed E-state index contributed by atoms with van der Waals surface area (Å²) in [4.78, 5) is 15.7. The predicted octanol–water partition coefficient (Wildman–Crippen LogP) is 4.39. The Morgan fingerprint density at radius 3 is 2.91 bits per heavy atom. The maximum absolute atomic E-state index is 11.3. The number of benzene rings is 1. The van der Waals surface area contributed by atoms with Crippen molar-refractivity contribution in [2.45, 2.75) is 6.92 Å². The summed E-state index contributed by atoms with van der Waals surface area (Å²) in [5.74, 6) is 0.150. The Hall–Kier alpha value is -2.31. The molecule has 0 aliphatic heterocycles. The predicted molar refractivity (Wildman–Crippen MR) is 86.2 cm³/mol. The summed E-state index contributed by atoms with van der Waals surface area (Å²) in [6.45, 7) is 1.39. The van der Waals surface area contributed by atoms with Crippen LogP contribution in [-0.2, 0) is 4.79 Å². The molecule has 112 valence electrons. The third-order valence-electron chi connectivity index (χ3n) is 2.90. The van der Waals surface area contributed by atoms with Crippen LogP contribution >= 0.6 is 22.9 Å². The van der Waals surface area contributed by atoms with Crippen molar-refractivity contribution >= 4 is 34.7 Å². The fourth-order valence-corrected chi connectivity index (χ4v) is 2.77. The van der Waals surface area contributed by atoms with Gasteiger partial charge in [0.1, 0.15) is 11.4 Å². The Bertz CT molecular complexity index is 827. The molecule has 7 heteroatoms. The van der Waals surface area contributed by atoms with E-state index in [-0.39, 0.29) is 23.4 Å². The summed E-state index contributed by atoms with van der Waals surface area (Å²) in [5, 5.41) is 16.8. The van der Waals surface area contributed by atoms with Crippen LogP contribution in [0.2, 0.25) is 5.02 Å². The highest BCUT2D eigenvalue weighted by atomic mass is 35.5. The fraction of sp³-hybridized carbons (Fsp3) is 0.0667. The van der Waals surface area contributed by atoms with Crippen LogP contribution in [0.4, 0.5) is 5.88 Å². The first kappa shape index (κ1) is 14.6. The molecular weight excluding hydrogens is 324 g/mol. The van der Waals surface area contributed by atoms with Crippen molar-refractivity contribution < 1.29 is 14.3 Å². The molecule has 2 aromatic heterocycles.